The lowest BCUT2D eigenvalue weighted by Gasteiger charge is -2.08. The van der Waals surface area contributed by atoms with E-state index in [1.807, 2.05) is 0 Å². The molecule has 1 aromatic rings. The largest absolute Gasteiger partial charge is 0.491 e. The molecular weight excluding hydrogens is 266 g/mol. The number of hydrogen-bond donors (Lipinski definition) is 2. The molecule has 0 atom stereocenters. The van der Waals surface area contributed by atoms with E-state index in [1.54, 1.807) is 13.2 Å². The Hall–Kier alpha value is -0.985. The van der Waals surface area contributed by atoms with Crippen LogP contribution in [-0.2, 0) is 20.8 Å². The SMILES string of the molecule is COCCOCCCOCc1ccc(F)c(B(O)O)c1. The Morgan fingerprint density at radius 1 is 1.10 bits per heavy atom. The van der Waals surface area contributed by atoms with E-state index in [0.717, 1.165) is 6.42 Å². The third-order valence-electron chi connectivity index (χ3n) is 2.62. The lowest BCUT2D eigenvalue weighted by atomic mass is 9.79. The first-order valence-electron chi connectivity index (χ1n) is 6.44. The average Bonchev–Trinajstić information content (AvgIpc) is 2.43. The van der Waals surface area contributed by atoms with Gasteiger partial charge in [-0.15, -0.1) is 0 Å². The fourth-order valence-corrected chi connectivity index (χ4v) is 1.58. The molecule has 0 aliphatic heterocycles. The molecule has 7 heteroatoms. The van der Waals surface area contributed by atoms with Crippen LogP contribution in [0.1, 0.15) is 12.0 Å². The van der Waals surface area contributed by atoms with Crippen LogP contribution in [0.4, 0.5) is 4.39 Å². The summed E-state index contributed by atoms with van der Waals surface area (Å²) in [6, 6.07) is 4.13. The number of ether oxygens (including phenoxy) is 3. The van der Waals surface area contributed by atoms with Gasteiger partial charge in [0.05, 0.1) is 19.8 Å². The minimum atomic E-state index is -1.82. The van der Waals surface area contributed by atoms with Crippen LogP contribution in [0.5, 0.6) is 0 Å². The number of rotatable bonds is 10. The van der Waals surface area contributed by atoms with Gasteiger partial charge in [-0.25, -0.2) is 4.39 Å². The van der Waals surface area contributed by atoms with Crippen molar-refractivity contribution in [3.05, 3.63) is 29.6 Å². The smallest absolute Gasteiger partial charge is 0.423 e. The Labute approximate surface area is 118 Å². The van der Waals surface area contributed by atoms with E-state index < -0.39 is 12.9 Å². The van der Waals surface area contributed by atoms with Gasteiger partial charge in [-0.1, -0.05) is 12.1 Å². The van der Waals surface area contributed by atoms with Crippen LogP contribution in [0, 0.1) is 5.82 Å². The minimum absolute atomic E-state index is 0.144. The predicted octanol–water partition coefficient (Wildman–Crippen LogP) is 0.0752. The van der Waals surface area contributed by atoms with Crippen molar-refractivity contribution in [2.45, 2.75) is 13.0 Å². The molecule has 0 saturated carbocycles. The summed E-state index contributed by atoms with van der Waals surface area (Å²) in [5, 5.41) is 18.0. The second kappa shape index (κ2) is 9.85. The normalized spacial score (nSPS) is 10.8. The Balaban J connectivity index is 2.20. The van der Waals surface area contributed by atoms with Crippen molar-refractivity contribution in [1.82, 2.24) is 0 Å². The second-order valence-electron chi connectivity index (χ2n) is 4.24. The van der Waals surface area contributed by atoms with Crippen LogP contribution in [-0.4, -0.2) is 50.7 Å². The summed E-state index contributed by atoms with van der Waals surface area (Å²) in [5.74, 6) is -0.643. The molecule has 20 heavy (non-hydrogen) atoms. The van der Waals surface area contributed by atoms with Gasteiger partial charge in [0.15, 0.2) is 0 Å². The summed E-state index contributed by atoms with van der Waals surface area (Å²) in [6.45, 7) is 2.53. The molecule has 0 spiro atoms. The highest BCUT2D eigenvalue weighted by Gasteiger charge is 2.16. The number of benzene rings is 1. The summed E-state index contributed by atoms with van der Waals surface area (Å²) in [4.78, 5) is 0. The molecule has 0 aromatic heterocycles. The summed E-state index contributed by atoms with van der Waals surface area (Å²) < 4.78 is 28.7. The van der Waals surface area contributed by atoms with Gasteiger partial charge in [0.25, 0.3) is 0 Å². The molecule has 0 bridgehead atoms. The summed E-state index contributed by atoms with van der Waals surface area (Å²) in [7, 11) is -0.198. The van der Waals surface area contributed by atoms with Gasteiger partial charge in [-0.3, -0.25) is 0 Å². The maximum Gasteiger partial charge on any atom is 0.491 e. The number of halogens is 1. The molecule has 112 valence electrons. The Morgan fingerprint density at radius 3 is 2.55 bits per heavy atom. The summed E-state index contributed by atoms with van der Waals surface area (Å²) >= 11 is 0. The van der Waals surface area contributed by atoms with E-state index in [1.165, 1.54) is 12.1 Å². The first-order chi connectivity index (χ1) is 9.65. The lowest BCUT2D eigenvalue weighted by molar-refractivity contribution is 0.0483. The first-order valence-corrected chi connectivity index (χ1v) is 6.44. The maximum atomic E-state index is 13.2. The minimum Gasteiger partial charge on any atom is -0.423 e. The molecule has 5 nitrogen and oxygen atoms in total. The second-order valence-corrected chi connectivity index (χ2v) is 4.24. The van der Waals surface area contributed by atoms with Gasteiger partial charge in [0.1, 0.15) is 5.82 Å². The van der Waals surface area contributed by atoms with Crippen LogP contribution >= 0.6 is 0 Å². The highest BCUT2D eigenvalue weighted by molar-refractivity contribution is 6.58. The number of methoxy groups -OCH3 is 1. The van der Waals surface area contributed by atoms with E-state index in [4.69, 9.17) is 24.3 Å². The van der Waals surface area contributed by atoms with Crippen LogP contribution in [0.25, 0.3) is 0 Å². The van der Waals surface area contributed by atoms with E-state index in [9.17, 15) is 4.39 Å². The third kappa shape index (κ3) is 6.45. The van der Waals surface area contributed by atoms with Gasteiger partial charge < -0.3 is 24.3 Å². The molecule has 0 amide bonds. The Kier molecular flexibility index (Phi) is 8.40. The zero-order chi connectivity index (χ0) is 14.8. The zero-order valence-electron chi connectivity index (χ0n) is 11.5. The van der Waals surface area contributed by atoms with Gasteiger partial charge in [0, 0.05) is 25.8 Å². The van der Waals surface area contributed by atoms with Crippen LogP contribution in [0.2, 0.25) is 0 Å². The summed E-state index contributed by atoms with van der Waals surface area (Å²) in [6.07, 6.45) is 0.750. The van der Waals surface area contributed by atoms with Crippen molar-refractivity contribution in [2.24, 2.45) is 0 Å². The standard InChI is InChI=1S/C13H20BFO5/c1-18-7-8-19-5-2-6-20-10-11-3-4-13(15)12(9-11)14(16)17/h3-4,9,16-17H,2,5-8,10H2,1H3. The van der Waals surface area contributed by atoms with E-state index >= 15 is 0 Å². The maximum absolute atomic E-state index is 13.2. The Bertz CT molecular complexity index is 389. The fraction of sp³-hybridized carbons (Fsp3) is 0.538. The molecule has 0 radical (unpaired) electrons. The predicted molar refractivity (Wildman–Crippen MR) is 73.2 cm³/mol. The zero-order valence-corrected chi connectivity index (χ0v) is 11.5. The van der Waals surface area contributed by atoms with Crippen LogP contribution in [0.3, 0.4) is 0 Å². The first kappa shape index (κ1) is 17.1. The molecule has 0 heterocycles. The van der Waals surface area contributed by atoms with Gasteiger partial charge in [-0.05, 0) is 18.1 Å². The van der Waals surface area contributed by atoms with Crippen molar-refractivity contribution in [3.8, 4) is 0 Å². The molecule has 0 aliphatic rings. The highest BCUT2D eigenvalue weighted by atomic mass is 19.1. The van der Waals surface area contributed by atoms with E-state index in [2.05, 4.69) is 0 Å². The Morgan fingerprint density at radius 2 is 1.85 bits per heavy atom. The molecule has 0 saturated heterocycles. The van der Waals surface area contributed by atoms with E-state index in [0.29, 0.717) is 32.0 Å². The average molecular weight is 286 g/mol. The topological polar surface area (TPSA) is 68.2 Å². The fourth-order valence-electron chi connectivity index (χ4n) is 1.58. The lowest BCUT2D eigenvalue weighted by Crippen LogP contribution is -2.33. The molecule has 1 rings (SSSR count). The molecule has 2 N–H and O–H groups in total. The van der Waals surface area contributed by atoms with Crippen molar-refractivity contribution < 1.29 is 28.6 Å². The van der Waals surface area contributed by atoms with Crippen molar-refractivity contribution in [3.63, 3.8) is 0 Å². The van der Waals surface area contributed by atoms with Gasteiger partial charge in [0.2, 0.25) is 0 Å². The molecule has 0 fully saturated rings. The van der Waals surface area contributed by atoms with Crippen LogP contribution < -0.4 is 5.46 Å². The van der Waals surface area contributed by atoms with Crippen molar-refractivity contribution >= 4 is 12.6 Å². The van der Waals surface area contributed by atoms with Gasteiger partial charge >= 0.3 is 7.12 Å². The van der Waals surface area contributed by atoms with Gasteiger partial charge in [-0.2, -0.15) is 0 Å². The monoisotopic (exact) mass is 286 g/mol. The summed E-state index contributed by atoms with van der Waals surface area (Å²) in [5.41, 5.74) is 0.545. The quantitative estimate of drug-likeness (QED) is 0.471. The highest BCUT2D eigenvalue weighted by Crippen LogP contribution is 2.03. The molecule has 0 unspecified atom stereocenters. The van der Waals surface area contributed by atoms with E-state index in [-0.39, 0.29) is 12.1 Å². The molecular formula is C13H20BFO5. The molecule has 0 aliphatic carbocycles. The number of hydrogen-bond acceptors (Lipinski definition) is 5. The van der Waals surface area contributed by atoms with Crippen LogP contribution in [0.15, 0.2) is 18.2 Å². The molecule has 1 aromatic carbocycles. The van der Waals surface area contributed by atoms with Crippen molar-refractivity contribution in [2.75, 3.05) is 33.5 Å². The van der Waals surface area contributed by atoms with Crippen molar-refractivity contribution in [1.29, 1.82) is 0 Å². The third-order valence-corrected chi connectivity index (χ3v) is 2.62.